The first-order valence-electron chi connectivity index (χ1n) is 14.3. The molecule has 0 N–H and O–H groups in total. The molecule has 4 rings (SSSR count). The highest BCUT2D eigenvalue weighted by atomic mass is 19.4. The molecular weight excluding hydrogens is 544 g/mol. The van der Waals surface area contributed by atoms with Crippen molar-refractivity contribution in [1.82, 2.24) is 14.8 Å². The maximum atomic E-state index is 15.6. The van der Waals surface area contributed by atoms with Crippen LogP contribution in [0.3, 0.4) is 0 Å². The van der Waals surface area contributed by atoms with Gasteiger partial charge in [-0.25, -0.2) is 4.39 Å². The number of hydrogen-bond donors (Lipinski definition) is 0. The summed E-state index contributed by atoms with van der Waals surface area (Å²) < 4.78 is 54.4. The summed E-state index contributed by atoms with van der Waals surface area (Å²) in [6.45, 7) is 6.28. The summed E-state index contributed by atoms with van der Waals surface area (Å²) in [6.07, 6.45) is 2.09. The van der Waals surface area contributed by atoms with E-state index in [1.165, 1.54) is 24.3 Å². The third-order valence-electron chi connectivity index (χ3n) is 7.68. The third kappa shape index (κ3) is 8.41. The Hall–Kier alpha value is -3.72. The van der Waals surface area contributed by atoms with Crippen molar-refractivity contribution in [1.29, 1.82) is 0 Å². The molecule has 0 spiro atoms. The van der Waals surface area contributed by atoms with E-state index < -0.39 is 24.0 Å². The van der Waals surface area contributed by atoms with E-state index >= 15 is 4.39 Å². The van der Waals surface area contributed by atoms with Gasteiger partial charge in [-0.15, -0.1) is 0 Å². The molecule has 2 aromatic carbocycles. The Kier molecular flexibility index (Phi) is 10.4. The zero-order valence-corrected chi connectivity index (χ0v) is 24.3. The maximum absolute atomic E-state index is 15.6. The maximum Gasteiger partial charge on any atom is 0.416 e. The van der Waals surface area contributed by atoms with Gasteiger partial charge in [-0.05, 0) is 78.9 Å². The van der Waals surface area contributed by atoms with Crippen molar-refractivity contribution in [2.24, 2.45) is 5.92 Å². The number of likely N-dealkylation sites (tertiary alicyclic amines) is 1. The van der Waals surface area contributed by atoms with Gasteiger partial charge >= 0.3 is 6.18 Å². The average Bonchev–Trinajstić information content (AvgIpc) is 2.98. The van der Waals surface area contributed by atoms with Gasteiger partial charge in [-0.2, -0.15) is 13.2 Å². The molecule has 2 atom stereocenters. The first kappa shape index (κ1) is 31.2. The van der Waals surface area contributed by atoms with Crippen LogP contribution in [0.1, 0.15) is 43.4 Å². The second-order valence-electron chi connectivity index (χ2n) is 11.2. The molecular formula is C33H38F4N4O. The smallest absolute Gasteiger partial charge is 0.345 e. The Morgan fingerprint density at radius 3 is 2.26 bits per heavy atom. The molecule has 9 heteroatoms. The van der Waals surface area contributed by atoms with Gasteiger partial charge in [0, 0.05) is 56.5 Å². The number of piperidine rings is 1. The summed E-state index contributed by atoms with van der Waals surface area (Å²) in [7, 11) is 1.95. The van der Waals surface area contributed by atoms with E-state index in [0.29, 0.717) is 24.4 Å². The van der Waals surface area contributed by atoms with Crippen LogP contribution < -0.4 is 4.90 Å². The van der Waals surface area contributed by atoms with Crippen molar-refractivity contribution in [2.75, 3.05) is 31.6 Å². The monoisotopic (exact) mass is 582 g/mol. The number of benzene rings is 2. The Labute approximate surface area is 245 Å². The highest BCUT2D eigenvalue weighted by molar-refractivity contribution is 5.92. The van der Waals surface area contributed by atoms with Gasteiger partial charge < -0.3 is 14.7 Å². The number of alkyl halides is 4. The first-order valence-corrected chi connectivity index (χ1v) is 14.3. The van der Waals surface area contributed by atoms with Gasteiger partial charge in [0.25, 0.3) is 0 Å². The lowest BCUT2D eigenvalue weighted by Gasteiger charge is -2.40. The summed E-state index contributed by atoms with van der Waals surface area (Å²) >= 11 is 0. The number of aromatic nitrogens is 1. The van der Waals surface area contributed by atoms with Crippen LogP contribution >= 0.6 is 0 Å². The van der Waals surface area contributed by atoms with E-state index in [2.05, 4.69) is 23.7 Å². The Morgan fingerprint density at radius 1 is 1.02 bits per heavy atom. The minimum Gasteiger partial charge on any atom is -0.345 e. The van der Waals surface area contributed by atoms with Crippen LogP contribution in [0.25, 0.3) is 6.08 Å². The van der Waals surface area contributed by atoms with Gasteiger partial charge in [-0.3, -0.25) is 9.78 Å². The standard InChI is InChI=1S/C33H38F4N4O/c1-24(2)16-20-40-21-17-31(30(34)23-40)41(32(42)13-8-25-4-9-27(10-5-25)33(35,36)37)22-26-6-11-28(12-7-26)39(3)29-14-18-38-19-15-29/h4-15,18-19,24,30-31H,16-17,20-23H2,1-3H3/b13-8+/t30-,31+/m1/s1. The lowest BCUT2D eigenvalue weighted by molar-refractivity contribution is -0.137. The van der Waals surface area contributed by atoms with E-state index in [1.54, 1.807) is 17.3 Å². The molecule has 3 aromatic rings. The highest BCUT2D eigenvalue weighted by Crippen LogP contribution is 2.30. The molecule has 2 heterocycles. The van der Waals surface area contributed by atoms with Crippen molar-refractivity contribution in [2.45, 2.75) is 51.6 Å². The summed E-state index contributed by atoms with van der Waals surface area (Å²) in [6, 6.07) is 15.6. The molecule has 0 unspecified atom stereocenters. The number of anilines is 2. The van der Waals surface area contributed by atoms with Crippen LogP contribution in [0.15, 0.2) is 79.1 Å². The average molecular weight is 583 g/mol. The topological polar surface area (TPSA) is 39.7 Å². The van der Waals surface area contributed by atoms with Gasteiger partial charge in [0.15, 0.2) is 0 Å². The molecule has 1 saturated heterocycles. The number of carbonyl (C=O) groups excluding carboxylic acids is 1. The Bertz CT molecular complexity index is 1310. The molecule has 42 heavy (non-hydrogen) atoms. The Morgan fingerprint density at radius 2 is 1.67 bits per heavy atom. The lowest BCUT2D eigenvalue weighted by atomic mass is 9.99. The van der Waals surface area contributed by atoms with Crippen LogP contribution in [0.5, 0.6) is 0 Å². The summed E-state index contributed by atoms with van der Waals surface area (Å²) in [5.74, 6) is 0.144. The predicted octanol–water partition coefficient (Wildman–Crippen LogP) is 7.37. The van der Waals surface area contributed by atoms with Crippen molar-refractivity contribution < 1.29 is 22.4 Å². The second kappa shape index (κ2) is 14.0. The van der Waals surface area contributed by atoms with Gasteiger partial charge in [-0.1, -0.05) is 38.1 Å². The summed E-state index contributed by atoms with van der Waals surface area (Å²) in [5.41, 5.74) is 2.49. The fourth-order valence-electron chi connectivity index (χ4n) is 5.09. The van der Waals surface area contributed by atoms with Gasteiger partial charge in [0.05, 0.1) is 11.6 Å². The highest BCUT2D eigenvalue weighted by Gasteiger charge is 2.35. The SMILES string of the molecule is CC(C)CCN1CC[C@H](N(Cc2ccc(N(C)c3ccncc3)cc2)C(=O)/C=C/c2ccc(C(F)(F)F)cc2)[C@H](F)C1. The zero-order chi connectivity index (χ0) is 30.3. The fraction of sp³-hybridized carbons (Fsp3) is 0.394. The molecule has 0 aliphatic carbocycles. The molecule has 1 fully saturated rings. The van der Waals surface area contributed by atoms with E-state index in [4.69, 9.17) is 0 Å². The van der Waals surface area contributed by atoms with Crippen molar-refractivity contribution in [3.05, 3.63) is 95.8 Å². The van der Waals surface area contributed by atoms with Crippen LogP contribution in [-0.2, 0) is 17.5 Å². The number of carbonyl (C=O) groups is 1. The van der Waals surface area contributed by atoms with E-state index in [9.17, 15) is 18.0 Å². The predicted molar refractivity (Wildman–Crippen MR) is 159 cm³/mol. The van der Waals surface area contributed by atoms with Crippen LogP contribution in [0.4, 0.5) is 28.9 Å². The first-order chi connectivity index (χ1) is 20.0. The van der Waals surface area contributed by atoms with Crippen LogP contribution in [0.2, 0.25) is 0 Å². The minimum absolute atomic E-state index is 0.215. The normalized spacial score (nSPS) is 18.0. The second-order valence-corrected chi connectivity index (χ2v) is 11.2. The lowest BCUT2D eigenvalue weighted by Crippen LogP contribution is -2.53. The number of hydrogen-bond acceptors (Lipinski definition) is 4. The van der Waals surface area contributed by atoms with Crippen LogP contribution in [-0.4, -0.2) is 59.6 Å². The molecule has 0 radical (unpaired) electrons. The van der Waals surface area contributed by atoms with E-state index in [0.717, 1.165) is 42.0 Å². The number of halogens is 4. The van der Waals surface area contributed by atoms with Crippen molar-refractivity contribution in [3.63, 3.8) is 0 Å². The number of nitrogens with zero attached hydrogens (tertiary/aromatic N) is 4. The molecule has 5 nitrogen and oxygen atoms in total. The van der Waals surface area contributed by atoms with E-state index in [1.807, 2.05) is 48.3 Å². The summed E-state index contributed by atoms with van der Waals surface area (Å²) in [5, 5.41) is 0. The molecule has 224 valence electrons. The number of amides is 1. The minimum atomic E-state index is -4.43. The molecule has 0 bridgehead atoms. The Balaban J connectivity index is 1.51. The van der Waals surface area contributed by atoms with E-state index in [-0.39, 0.29) is 19.0 Å². The molecule has 1 amide bonds. The molecule has 1 aromatic heterocycles. The quantitative estimate of drug-likeness (QED) is 0.185. The number of rotatable bonds is 10. The molecule has 0 saturated carbocycles. The van der Waals surface area contributed by atoms with Crippen molar-refractivity contribution >= 4 is 23.4 Å². The number of pyridine rings is 1. The van der Waals surface area contributed by atoms with Crippen molar-refractivity contribution in [3.8, 4) is 0 Å². The molecule has 1 aliphatic heterocycles. The van der Waals surface area contributed by atoms with Gasteiger partial charge in [0.2, 0.25) is 5.91 Å². The third-order valence-corrected chi connectivity index (χ3v) is 7.68. The summed E-state index contributed by atoms with van der Waals surface area (Å²) in [4.78, 5) is 23.3. The fourth-order valence-corrected chi connectivity index (χ4v) is 5.09. The molecule has 1 aliphatic rings. The zero-order valence-electron chi connectivity index (χ0n) is 24.3. The van der Waals surface area contributed by atoms with Gasteiger partial charge in [0.1, 0.15) is 6.17 Å². The van der Waals surface area contributed by atoms with Crippen LogP contribution in [0, 0.1) is 5.92 Å². The largest absolute Gasteiger partial charge is 0.416 e.